The van der Waals surface area contributed by atoms with Gasteiger partial charge in [-0.2, -0.15) is 0 Å². The fraction of sp³-hybridized carbons (Fsp3) is 0.529. The molecular formula is C17H17Br2NO2. The molecule has 0 unspecified atom stereocenters. The smallest absolute Gasteiger partial charge is 0.238 e. The van der Waals surface area contributed by atoms with E-state index in [-0.39, 0.29) is 45.1 Å². The lowest BCUT2D eigenvalue weighted by Crippen LogP contribution is -2.37. The van der Waals surface area contributed by atoms with Gasteiger partial charge in [0.2, 0.25) is 11.8 Å². The molecular weight excluding hydrogens is 410 g/mol. The van der Waals surface area contributed by atoms with Gasteiger partial charge < -0.3 is 0 Å². The fourth-order valence-electron chi connectivity index (χ4n) is 4.64. The van der Waals surface area contributed by atoms with E-state index in [2.05, 4.69) is 31.9 Å². The number of nitrogens with zero attached hydrogens (tertiary/aromatic N) is 1. The lowest BCUT2D eigenvalue weighted by Gasteiger charge is -2.28. The average molecular weight is 427 g/mol. The summed E-state index contributed by atoms with van der Waals surface area (Å²) < 4.78 is 0. The van der Waals surface area contributed by atoms with Gasteiger partial charge in [0.25, 0.3) is 0 Å². The number of amides is 2. The van der Waals surface area contributed by atoms with Crippen LogP contribution < -0.4 is 4.90 Å². The third kappa shape index (κ3) is 1.78. The SMILES string of the molecule is Cc1ccc(N2C(=O)[C@H]3[C@@H]4C[C@H]([C@@H](Br)[C@H]4Br)[C@@H]3C2=O)c(C)c1. The number of fused-ring (bicyclic) bond motifs is 5. The molecule has 0 N–H and O–H groups in total. The molecule has 0 spiro atoms. The molecule has 3 fully saturated rings. The van der Waals surface area contributed by atoms with Gasteiger partial charge in [-0.1, -0.05) is 49.6 Å². The highest BCUT2D eigenvalue weighted by molar-refractivity contribution is 9.12. The number of anilines is 1. The Balaban J connectivity index is 1.76. The lowest BCUT2D eigenvalue weighted by molar-refractivity contribution is -0.123. The normalized spacial score (nSPS) is 39.7. The Morgan fingerprint density at radius 1 is 1.00 bits per heavy atom. The zero-order chi connectivity index (χ0) is 15.8. The van der Waals surface area contributed by atoms with Crippen molar-refractivity contribution in [1.29, 1.82) is 0 Å². The lowest BCUT2D eigenvalue weighted by atomic mass is 9.81. The van der Waals surface area contributed by atoms with E-state index in [9.17, 15) is 9.59 Å². The molecule has 3 nitrogen and oxygen atoms in total. The van der Waals surface area contributed by atoms with Crippen molar-refractivity contribution in [3.05, 3.63) is 29.3 Å². The van der Waals surface area contributed by atoms with Crippen LogP contribution in [-0.2, 0) is 9.59 Å². The minimum atomic E-state index is -0.142. The number of carbonyl (C=O) groups is 2. The maximum atomic E-state index is 12.9. The van der Waals surface area contributed by atoms with Crippen LogP contribution in [0.5, 0.6) is 0 Å². The van der Waals surface area contributed by atoms with E-state index < -0.39 is 0 Å². The van der Waals surface area contributed by atoms with Gasteiger partial charge in [-0.25, -0.2) is 4.90 Å². The molecule has 0 aromatic heterocycles. The molecule has 2 saturated carbocycles. The standard InChI is InChI=1S/C17H17Br2NO2/c1-7-3-4-11(8(2)5-7)20-16(21)12-9-6-10(13(12)17(20)22)15(19)14(9)18/h3-5,9-10,12-15H,6H2,1-2H3/t9-,10-,12-,13-,14-,15+/m0/s1. The monoisotopic (exact) mass is 425 g/mol. The fourth-order valence-corrected chi connectivity index (χ4v) is 6.52. The molecule has 1 aliphatic heterocycles. The predicted octanol–water partition coefficient (Wildman–Crippen LogP) is 3.59. The summed E-state index contributed by atoms with van der Waals surface area (Å²) >= 11 is 7.43. The van der Waals surface area contributed by atoms with Crippen molar-refractivity contribution in [2.24, 2.45) is 23.7 Å². The van der Waals surface area contributed by atoms with Crippen molar-refractivity contribution in [3.63, 3.8) is 0 Å². The second kappa shape index (κ2) is 4.91. The van der Waals surface area contributed by atoms with Crippen LogP contribution in [0.25, 0.3) is 0 Å². The highest BCUT2D eigenvalue weighted by Crippen LogP contribution is 2.60. The van der Waals surface area contributed by atoms with Gasteiger partial charge in [-0.3, -0.25) is 9.59 Å². The van der Waals surface area contributed by atoms with Gasteiger partial charge in [-0.05, 0) is 43.7 Å². The van der Waals surface area contributed by atoms with Crippen LogP contribution in [-0.4, -0.2) is 21.5 Å². The zero-order valence-corrected chi connectivity index (χ0v) is 15.6. The van der Waals surface area contributed by atoms with E-state index in [0.717, 1.165) is 23.2 Å². The van der Waals surface area contributed by atoms with Crippen molar-refractivity contribution < 1.29 is 9.59 Å². The molecule has 1 aromatic carbocycles. The van der Waals surface area contributed by atoms with Crippen molar-refractivity contribution in [2.75, 3.05) is 4.90 Å². The summed E-state index contributed by atoms with van der Waals surface area (Å²) in [4.78, 5) is 27.9. The molecule has 2 amide bonds. The molecule has 6 atom stereocenters. The van der Waals surface area contributed by atoms with Crippen molar-refractivity contribution in [2.45, 2.75) is 29.9 Å². The van der Waals surface area contributed by atoms with Crippen LogP contribution in [0.15, 0.2) is 18.2 Å². The highest BCUT2D eigenvalue weighted by Gasteiger charge is 2.66. The minimum Gasteiger partial charge on any atom is -0.274 e. The first-order valence-corrected chi connectivity index (χ1v) is 9.48. The van der Waals surface area contributed by atoms with Gasteiger partial charge in [-0.15, -0.1) is 0 Å². The Hall–Kier alpha value is -0.680. The maximum absolute atomic E-state index is 12.9. The number of imide groups is 1. The summed E-state index contributed by atoms with van der Waals surface area (Å²) in [6.07, 6.45) is 0.972. The molecule has 4 rings (SSSR count). The molecule has 5 heteroatoms. The molecule has 1 aromatic rings. The summed E-state index contributed by atoms with van der Waals surface area (Å²) in [7, 11) is 0. The van der Waals surface area contributed by atoms with Crippen molar-refractivity contribution in [1.82, 2.24) is 0 Å². The largest absolute Gasteiger partial charge is 0.274 e. The second-order valence-corrected chi connectivity index (χ2v) is 8.92. The minimum absolute atomic E-state index is 0.00157. The Morgan fingerprint density at radius 3 is 2.05 bits per heavy atom. The predicted molar refractivity (Wildman–Crippen MR) is 92.4 cm³/mol. The summed E-state index contributed by atoms with van der Waals surface area (Å²) in [6.45, 7) is 3.98. The third-order valence-electron chi connectivity index (χ3n) is 5.58. The van der Waals surface area contributed by atoms with Crippen LogP contribution in [0.1, 0.15) is 17.5 Å². The Morgan fingerprint density at radius 2 is 1.55 bits per heavy atom. The number of hydrogen-bond acceptors (Lipinski definition) is 2. The number of carbonyl (C=O) groups excluding carboxylic acids is 2. The molecule has 2 bridgehead atoms. The van der Waals surface area contributed by atoms with E-state index >= 15 is 0 Å². The quantitative estimate of drug-likeness (QED) is 0.508. The third-order valence-corrected chi connectivity index (χ3v) is 8.79. The second-order valence-electron chi connectivity index (χ2n) is 6.81. The van der Waals surface area contributed by atoms with Gasteiger partial charge in [0, 0.05) is 9.65 Å². The summed E-state index contributed by atoms with van der Waals surface area (Å²) in [5.41, 5.74) is 2.88. The van der Waals surface area contributed by atoms with E-state index in [1.54, 1.807) is 0 Å². The first-order valence-electron chi connectivity index (χ1n) is 7.65. The number of rotatable bonds is 1. The highest BCUT2D eigenvalue weighted by atomic mass is 79.9. The van der Waals surface area contributed by atoms with E-state index in [0.29, 0.717) is 0 Å². The van der Waals surface area contributed by atoms with Crippen LogP contribution in [0.4, 0.5) is 5.69 Å². The molecule has 3 aliphatic rings. The van der Waals surface area contributed by atoms with E-state index in [1.807, 2.05) is 32.0 Å². The number of aryl methyl sites for hydroxylation is 2. The number of hydrogen-bond donors (Lipinski definition) is 0. The number of benzene rings is 1. The van der Waals surface area contributed by atoms with Crippen LogP contribution in [0, 0.1) is 37.5 Å². The number of alkyl halides is 2. The number of halogens is 2. The Bertz CT molecular complexity index is 657. The van der Waals surface area contributed by atoms with Crippen molar-refractivity contribution >= 4 is 49.4 Å². The molecule has 22 heavy (non-hydrogen) atoms. The molecule has 1 heterocycles. The van der Waals surface area contributed by atoms with Crippen LogP contribution >= 0.6 is 31.9 Å². The Labute approximate surface area is 146 Å². The van der Waals surface area contributed by atoms with Gasteiger partial charge in [0.05, 0.1) is 17.5 Å². The van der Waals surface area contributed by atoms with E-state index in [4.69, 9.17) is 0 Å². The molecule has 116 valence electrons. The molecule has 1 saturated heterocycles. The van der Waals surface area contributed by atoms with Gasteiger partial charge in [0.15, 0.2) is 0 Å². The average Bonchev–Trinajstić information content (AvgIpc) is 3.06. The first kappa shape index (κ1) is 14.9. The summed E-state index contributed by atoms with van der Waals surface area (Å²) in [5.74, 6) is 0.252. The topological polar surface area (TPSA) is 37.4 Å². The summed E-state index contributed by atoms with van der Waals surface area (Å²) in [6, 6.07) is 5.89. The van der Waals surface area contributed by atoms with Crippen molar-refractivity contribution in [3.8, 4) is 0 Å². The Kier molecular flexibility index (Phi) is 3.32. The van der Waals surface area contributed by atoms with E-state index in [1.165, 1.54) is 4.90 Å². The summed E-state index contributed by atoms with van der Waals surface area (Å²) in [5, 5.41) is 0. The first-order chi connectivity index (χ1) is 10.4. The van der Waals surface area contributed by atoms with Crippen LogP contribution in [0.2, 0.25) is 0 Å². The zero-order valence-electron chi connectivity index (χ0n) is 12.4. The maximum Gasteiger partial charge on any atom is 0.238 e. The molecule has 0 radical (unpaired) electrons. The van der Waals surface area contributed by atoms with Gasteiger partial charge >= 0.3 is 0 Å². The van der Waals surface area contributed by atoms with Gasteiger partial charge in [0.1, 0.15) is 0 Å². The molecule has 2 aliphatic carbocycles. The van der Waals surface area contributed by atoms with Crippen LogP contribution in [0.3, 0.4) is 0 Å².